The summed E-state index contributed by atoms with van der Waals surface area (Å²) in [7, 11) is 3.94. The molecule has 0 amide bonds. The summed E-state index contributed by atoms with van der Waals surface area (Å²) >= 11 is 5.89. The molecule has 0 unspecified atom stereocenters. The monoisotopic (exact) mass is 557 g/mol. The van der Waals surface area contributed by atoms with E-state index in [9.17, 15) is 13.2 Å². The lowest BCUT2D eigenvalue weighted by molar-refractivity contribution is -0.143. The molecule has 206 valence electrons. The van der Waals surface area contributed by atoms with Crippen LogP contribution in [0.2, 0.25) is 5.02 Å². The van der Waals surface area contributed by atoms with Crippen LogP contribution in [0.5, 0.6) is 0 Å². The van der Waals surface area contributed by atoms with Gasteiger partial charge in [0.1, 0.15) is 5.82 Å². The molecule has 1 aliphatic carbocycles. The average Bonchev–Trinajstić information content (AvgIpc) is 3.34. The van der Waals surface area contributed by atoms with Crippen molar-refractivity contribution in [1.29, 1.82) is 0 Å². The molecule has 2 aromatic carbocycles. The number of nitrogens with zero attached hydrogens (tertiary/aromatic N) is 5. The fourth-order valence-corrected chi connectivity index (χ4v) is 5.29. The second-order valence-corrected chi connectivity index (χ2v) is 10.6. The number of para-hydroxylation sites is 1. The van der Waals surface area contributed by atoms with Crippen molar-refractivity contribution in [3.05, 3.63) is 71.0 Å². The highest BCUT2D eigenvalue weighted by Crippen LogP contribution is 2.34. The number of anilines is 2. The number of halogens is 4. The van der Waals surface area contributed by atoms with Gasteiger partial charge in [0.05, 0.1) is 17.4 Å². The van der Waals surface area contributed by atoms with E-state index in [0.29, 0.717) is 29.1 Å². The van der Waals surface area contributed by atoms with Crippen molar-refractivity contribution >= 4 is 34.3 Å². The molecule has 0 spiro atoms. The zero-order valence-corrected chi connectivity index (χ0v) is 22.6. The van der Waals surface area contributed by atoms with Crippen LogP contribution in [-0.2, 0) is 12.7 Å². The highest BCUT2D eigenvalue weighted by atomic mass is 35.5. The molecule has 1 saturated carbocycles. The lowest BCUT2D eigenvalue weighted by atomic mass is 9.86. The van der Waals surface area contributed by atoms with E-state index in [1.807, 2.05) is 43.3 Å². The maximum atomic E-state index is 13.9. The van der Waals surface area contributed by atoms with Gasteiger partial charge in [-0.25, -0.2) is 9.67 Å². The van der Waals surface area contributed by atoms with Crippen LogP contribution in [0.4, 0.5) is 24.9 Å². The van der Waals surface area contributed by atoms with Crippen LogP contribution in [0.3, 0.4) is 0 Å². The molecule has 2 N–H and O–H groups in total. The van der Waals surface area contributed by atoms with Gasteiger partial charge in [0.15, 0.2) is 5.69 Å². The Morgan fingerprint density at radius 2 is 1.72 bits per heavy atom. The fourth-order valence-electron chi connectivity index (χ4n) is 5.16. The minimum atomic E-state index is -4.53. The van der Waals surface area contributed by atoms with E-state index in [0.717, 1.165) is 47.1 Å². The van der Waals surface area contributed by atoms with Gasteiger partial charge in [-0.3, -0.25) is 0 Å². The summed E-state index contributed by atoms with van der Waals surface area (Å²) in [4.78, 5) is 11.4. The Bertz CT molecular complexity index is 1410. The van der Waals surface area contributed by atoms with Crippen LogP contribution < -0.4 is 15.5 Å². The molecular formula is C28H31ClF3N7. The van der Waals surface area contributed by atoms with Crippen molar-refractivity contribution < 1.29 is 13.2 Å². The summed E-state index contributed by atoms with van der Waals surface area (Å²) in [6, 6.07) is 14.4. The third-order valence-electron chi connectivity index (χ3n) is 7.12. The molecule has 5 rings (SSSR count). The summed E-state index contributed by atoms with van der Waals surface area (Å²) in [6.07, 6.45) is 0.582. The van der Waals surface area contributed by atoms with Crippen LogP contribution in [0.1, 0.15) is 36.9 Å². The van der Waals surface area contributed by atoms with Crippen LogP contribution in [-0.4, -0.2) is 46.4 Å². The van der Waals surface area contributed by atoms with E-state index in [4.69, 9.17) is 21.6 Å². The smallest absolute Gasteiger partial charge is 0.362 e. The van der Waals surface area contributed by atoms with Crippen LogP contribution in [0.15, 0.2) is 54.7 Å². The number of hydrogen-bond donors (Lipinski definition) is 2. The van der Waals surface area contributed by atoms with Gasteiger partial charge in [0.2, 0.25) is 5.95 Å². The fraction of sp³-hybridized carbons (Fsp3) is 0.393. The van der Waals surface area contributed by atoms with Crippen LogP contribution >= 0.6 is 11.6 Å². The molecule has 1 fully saturated rings. The van der Waals surface area contributed by atoms with Gasteiger partial charge in [-0.15, -0.1) is 0 Å². The molecule has 39 heavy (non-hydrogen) atoms. The van der Waals surface area contributed by atoms with Gasteiger partial charge in [-0.05, 0) is 74.5 Å². The van der Waals surface area contributed by atoms with Gasteiger partial charge >= 0.3 is 6.18 Å². The van der Waals surface area contributed by atoms with Gasteiger partial charge in [-0.2, -0.15) is 23.3 Å². The molecule has 0 bridgehead atoms. The third kappa shape index (κ3) is 6.28. The molecule has 0 radical (unpaired) electrons. The number of hydrogen-bond acceptors (Lipinski definition) is 6. The molecule has 1 aliphatic rings. The summed E-state index contributed by atoms with van der Waals surface area (Å²) in [5.41, 5.74) is 0.571. The highest BCUT2D eigenvalue weighted by molar-refractivity contribution is 6.30. The van der Waals surface area contributed by atoms with Crippen molar-refractivity contribution in [2.75, 3.05) is 30.9 Å². The first kappa shape index (κ1) is 27.2. The lowest BCUT2D eigenvalue weighted by Crippen LogP contribution is -2.32. The summed E-state index contributed by atoms with van der Waals surface area (Å²) in [5.74, 6) is 1.88. The predicted molar refractivity (Wildman–Crippen MR) is 149 cm³/mol. The Balaban J connectivity index is 1.17. The van der Waals surface area contributed by atoms with Crippen molar-refractivity contribution in [1.82, 2.24) is 25.1 Å². The number of alkyl halides is 3. The minimum Gasteiger partial charge on any atom is -0.362 e. The van der Waals surface area contributed by atoms with Gasteiger partial charge in [0.25, 0.3) is 0 Å². The average molecular weight is 558 g/mol. The Morgan fingerprint density at radius 1 is 1.00 bits per heavy atom. The highest BCUT2D eigenvalue weighted by Gasteiger charge is 2.38. The summed E-state index contributed by atoms with van der Waals surface area (Å²) < 4.78 is 42.7. The van der Waals surface area contributed by atoms with Crippen molar-refractivity contribution in [2.45, 2.75) is 44.4 Å². The maximum absolute atomic E-state index is 13.9. The number of aromatic nitrogens is 4. The van der Waals surface area contributed by atoms with E-state index in [1.165, 1.54) is 18.3 Å². The molecule has 0 atom stereocenters. The van der Waals surface area contributed by atoms with Crippen molar-refractivity contribution in [3.8, 4) is 5.69 Å². The van der Waals surface area contributed by atoms with E-state index in [2.05, 4.69) is 15.7 Å². The van der Waals surface area contributed by atoms with E-state index >= 15 is 0 Å². The second-order valence-electron chi connectivity index (χ2n) is 10.2. The van der Waals surface area contributed by atoms with E-state index in [-0.39, 0.29) is 18.2 Å². The minimum absolute atomic E-state index is 0.0961. The second kappa shape index (κ2) is 11.4. The largest absolute Gasteiger partial charge is 0.433 e. The molecule has 2 aromatic heterocycles. The number of nitrogens with one attached hydrogen (secondary N) is 2. The first-order chi connectivity index (χ1) is 18.7. The lowest BCUT2D eigenvalue weighted by Gasteiger charge is -2.29. The Hall–Kier alpha value is -3.37. The van der Waals surface area contributed by atoms with Crippen molar-refractivity contribution in [2.24, 2.45) is 5.92 Å². The predicted octanol–water partition coefficient (Wildman–Crippen LogP) is 6.31. The zero-order valence-electron chi connectivity index (χ0n) is 21.8. The van der Waals surface area contributed by atoms with Gasteiger partial charge < -0.3 is 15.5 Å². The molecule has 2 heterocycles. The summed E-state index contributed by atoms with van der Waals surface area (Å²) in [5, 5.41) is 12.2. The maximum Gasteiger partial charge on any atom is 0.433 e. The quantitative estimate of drug-likeness (QED) is 0.264. The van der Waals surface area contributed by atoms with Crippen molar-refractivity contribution in [3.63, 3.8) is 0 Å². The Morgan fingerprint density at radius 3 is 2.41 bits per heavy atom. The number of fused-ring (bicyclic) bond motifs is 1. The SMILES string of the molecule is CN(C)c1nc(NC2CCC(CNCc3cnn(-c4ccc(Cl)cc4)c3C(F)(F)F)CC2)nc2ccccc12. The van der Waals surface area contributed by atoms with Gasteiger partial charge in [-0.1, -0.05) is 23.7 Å². The first-order valence-corrected chi connectivity index (χ1v) is 13.4. The molecule has 0 saturated heterocycles. The molecular weight excluding hydrogens is 527 g/mol. The van der Waals surface area contributed by atoms with Gasteiger partial charge in [0, 0.05) is 42.7 Å². The Kier molecular flexibility index (Phi) is 7.95. The third-order valence-corrected chi connectivity index (χ3v) is 7.37. The zero-order chi connectivity index (χ0) is 27.6. The summed E-state index contributed by atoms with van der Waals surface area (Å²) in [6.45, 7) is 0.742. The first-order valence-electron chi connectivity index (χ1n) is 13.0. The topological polar surface area (TPSA) is 70.9 Å². The number of rotatable bonds is 8. The van der Waals surface area contributed by atoms with Crippen LogP contribution in [0, 0.1) is 5.92 Å². The standard InChI is InChI=1S/C28H31ClF3N7/c1-38(2)26-23-5-3-4-6-24(23)36-27(37-26)35-21-11-7-18(8-12-21)15-33-16-19-17-34-39(25(19)28(30,31)32)22-13-9-20(29)10-14-22/h3-6,9-10,13-14,17-18,21,33H,7-8,11-12,15-16H2,1-2H3,(H,35,36,37). The number of benzene rings is 2. The van der Waals surface area contributed by atoms with E-state index in [1.54, 1.807) is 12.1 Å². The van der Waals surface area contributed by atoms with E-state index < -0.39 is 11.9 Å². The molecule has 11 heteroatoms. The normalized spacial score (nSPS) is 17.9. The molecule has 0 aliphatic heterocycles. The Labute approximate surface area is 230 Å². The van der Waals surface area contributed by atoms with Crippen LogP contribution in [0.25, 0.3) is 16.6 Å². The molecule has 7 nitrogen and oxygen atoms in total. The molecule has 4 aromatic rings.